The molecule has 0 spiro atoms. The Bertz CT molecular complexity index is 672. The zero-order chi connectivity index (χ0) is 18.7. The molecule has 0 aromatic heterocycles. The first kappa shape index (κ1) is 18.5. The van der Waals surface area contributed by atoms with Gasteiger partial charge in [0.2, 0.25) is 11.8 Å². The number of nitrogens with one attached hydrogen (secondary N) is 1. The summed E-state index contributed by atoms with van der Waals surface area (Å²) in [6, 6.07) is 5.51. The van der Waals surface area contributed by atoms with E-state index >= 15 is 0 Å². The van der Waals surface area contributed by atoms with Crippen LogP contribution < -0.4 is 10.2 Å². The van der Waals surface area contributed by atoms with Gasteiger partial charge in [-0.25, -0.2) is 0 Å². The second kappa shape index (κ2) is 7.53. The van der Waals surface area contributed by atoms with Gasteiger partial charge in [0.15, 0.2) is 0 Å². The number of piperazine rings is 2. The number of rotatable bonds is 3. The zero-order valence-corrected chi connectivity index (χ0v) is 14.3. The van der Waals surface area contributed by atoms with Crippen molar-refractivity contribution in [3.05, 3.63) is 29.8 Å². The van der Waals surface area contributed by atoms with Crippen LogP contribution in [0.25, 0.3) is 0 Å². The first-order valence-electron chi connectivity index (χ1n) is 8.52. The van der Waals surface area contributed by atoms with Gasteiger partial charge in [-0.3, -0.25) is 14.5 Å². The summed E-state index contributed by atoms with van der Waals surface area (Å²) >= 11 is 0. The van der Waals surface area contributed by atoms with Crippen molar-refractivity contribution in [1.82, 2.24) is 15.1 Å². The fourth-order valence-electron chi connectivity index (χ4n) is 3.30. The third kappa shape index (κ3) is 4.27. The summed E-state index contributed by atoms with van der Waals surface area (Å²) in [4.78, 5) is 28.9. The van der Waals surface area contributed by atoms with Crippen molar-refractivity contribution in [2.45, 2.75) is 6.18 Å². The number of para-hydroxylation sites is 1. The van der Waals surface area contributed by atoms with Crippen molar-refractivity contribution in [2.24, 2.45) is 0 Å². The van der Waals surface area contributed by atoms with Crippen LogP contribution in [0, 0.1) is 0 Å². The molecule has 6 nitrogen and oxygen atoms in total. The van der Waals surface area contributed by atoms with Crippen LogP contribution in [0.5, 0.6) is 0 Å². The van der Waals surface area contributed by atoms with Crippen LogP contribution in [0.15, 0.2) is 24.3 Å². The Kier molecular flexibility index (Phi) is 5.36. The lowest BCUT2D eigenvalue weighted by Gasteiger charge is -2.38. The van der Waals surface area contributed by atoms with E-state index in [2.05, 4.69) is 5.32 Å². The summed E-state index contributed by atoms with van der Waals surface area (Å²) < 4.78 is 39.5. The maximum atomic E-state index is 13.2. The van der Waals surface area contributed by atoms with Crippen LogP contribution in [0.4, 0.5) is 18.9 Å². The minimum absolute atomic E-state index is 0.0940. The van der Waals surface area contributed by atoms with Gasteiger partial charge >= 0.3 is 6.18 Å². The molecule has 1 aromatic carbocycles. The average molecular weight is 370 g/mol. The number of halogens is 3. The van der Waals surface area contributed by atoms with E-state index in [1.54, 1.807) is 20.8 Å². The van der Waals surface area contributed by atoms with Gasteiger partial charge in [-0.05, 0) is 12.1 Å². The maximum Gasteiger partial charge on any atom is 0.418 e. The molecular formula is C17H21F3N4O2. The van der Waals surface area contributed by atoms with Crippen molar-refractivity contribution < 1.29 is 22.8 Å². The number of hydrogen-bond donors (Lipinski definition) is 1. The van der Waals surface area contributed by atoms with E-state index in [9.17, 15) is 22.8 Å². The maximum absolute atomic E-state index is 13.2. The number of benzene rings is 1. The van der Waals surface area contributed by atoms with Crippen LogP contribution in [0.2, 0.25) is 0 Å². The molecule has 2 heterocycles. The standard InChI is InChI=1S/C17H21F3N4O2/c18-17(19,20)13-3-1-2-4-14(13)23-7-9-24(10-8-23)16(26)12-22-6-5-21-15(25)11-22/h1-4H,5-12H2,(H,21,25). The Morgan fingerprint density at radius 1 is 1.08 bits per heavy atom. The van der Waals surface area contributed by atoms with Crippen molar-refractivity contribution >= 4 is 17.5 Å². The molecule has 9 heteroatoms. The highest BCUT2D eigenvalue weighted by Gasteiger charge is 2.35. The van der Waals surface area contributed by atoms with E-state index in [1.807, 2.05) is 0 Å². The number of nitrogens with zero attached hydrogens (tertiary/aromatic N) is 3. The lowest BCUT2D eigenvalue weighted by molar-refractivity contribution is -0.138. The van der Waals surface area contributed by atoms with Crippen LogP contribution in [-0.4, -0.2) is 74.0 Å². The molecule has 1 N–H and O–H groups in total. The summed E-state index contributed by atoms with van der Waals surface area (Å²) in [5.41, 5.74) is -0.501. The molecule has 2 fully saturated rings. The van der Waals surface area contributed by atoms with Crippen molar-refractivity contribution in [1.29, 1.82) is 0 Å². The highest BCUT2D eigenvalue weighted by molar-refractivity contribution is 5.82. The number of hydrogen-bond acceptors (Lipinski definition) is 4. The third-order valence-corrected chi connectivity index (χ3v) is 4.66. The topological polar surface area (TPSA) is 55.9 Å². The fraction of sp³-hybridized carbons (Fsp3) is 0.529. The molecule has 2 aliphatic heterocycles. The highest BCUT2D eigenvalue weighted by Crippen LogP contribution is 2.36. The summed E-state index contributed by atoms with van der Waals surface area (Å²) in [5, 5.41) is 2.70. The summed E-state index contributed by atoms with van der Waals surface area (Å²) in [6.45, 7) is 2.93. The Hall–Kier alpha value is -2.29. The quantitative estimate of drug-likeness (QED) is 0.855. The van der Waals surface area contributed by atoms with Crippen LogP contribution >= 0.6 is 0 Å². The number of carbonyl (C=O) groups excluding carboxylic acids is 2. The number of amides is 2. The second-order valence-electron chi connectivity index (χ2n) is 6.44. The predicted octanol–water partition coefficient (Wildman–Crippen LogP) is 0.786. The van der Waals surface area contributed by atoms with Crippen molar-refractivity contribution in [3.8, 4) is 0 Å². The van der Waals surface area contributed by atoms with Crippen molar-refractivity contribution in [2.75, 3.05) is 57.3 Å². The van der Waals surface area contributed by atoms with Crippen LogP contribution in [0.3, 0.4) is 0 Å². The lowest BCUT2D eigenvalue weighted by Crippen LogP contribution is -2.54. The molecular weight excluding hydrogens is 349 g/mol. The second-order valence-corrected chi connectivity index (χ2v) is 6.44. The summed E-state index contributed by atoms with van der Waals surface area (Å²) in [6.07, 6.45) is -4.40. The van der Waals surface area contributed by atoms with Crippen LogP contribution in [-0.2, 0) is 15.8 Å². The molecule has 2 aliphatic rings. The normalized spacial score (nSPS) is 19.4. The van der Waals surface area contributed by atoms with Gasteiger partial charge in [-0.1, -0.05) is 12.1 Å². The molecule has 0 unspecified atom stereocenters. The minimum Gasteiger partial charge on any atom is -0.367 e. The first-order chi connectivity index (χ1) is 12.3. The smallest absolute Gasteiger partial charge is 0.367 e. The van der Waals surface area contributed by atoms with Gasteiger partial charge in [0, 0.05) is 45.0 Å². The summed E-state index contributed by atoms with van der Waals surface area (Å²) in [5.74, 6) is -0.193. The van der Waals surface area contributed by atoms with Gasteiger partial charge < -0.3 is 15.1 Å². The molecule has 0 aliphatic carbocycles. The Morgan fingerprint density at radius 3 is 2.42 bits per heavy atom. The van der Waals surface area contributed by atoms with E-state index in [1.165, 1.54) is 12.1 Å². The van der Waals surface area contributed by atoms with E-state index in [4.69, 9.17) is 0 Å². The minimum atomic E-state index is -4.40. The molecule has 2 saturated heterocycles. The first-order valence-corrected chi connectivity index (χ1v) is 8.52. The van der Waals surface area contributed by atoms with E-state index in [0.717, 1.165) is 6.07 Å². The lowest BCUT2D eigenvalue weighted by atomic mass is 10.1. The Morgan fingerprint density at radius 2 is 1.77 bits per heavy atom. The molecule has 142 valence electrons. The molecule has 0 radical (unpaired) electrons. The number of anilines is 1. The Labute approximate surface area is 149 Å². The van der Waals surface area contributed by atoms with E-state index < -0.39 is 11.7 Å². The van der Waals surface area contributed by atoms with Gasteiger partial charge in [0.05, 0.1) is 18.7 Å². The van der Waals surface area contributed by atoms with Gasteiger partial charge in [-0.15, -0.1) is 0 Å². The summed E-state index contributed by atoms with van der Waals surface area (Å²) in [7, 11) is 0. The van der Waals surface area contributed by atoms with Crippen molar-refractivity contribution in [3.63, 3.8) is 0 Å². The molecule has 3 rings (SSSR count). The monoisotopic (exact) mass is 370 g/mol. The predicted molar refractivity (Wildman–Crippen MR) is 89.7 cm³/mol. The van der Waals surface area contributed by atoms with Gasteiger partial charge in [-0.2, -0.15) is 13.2 Å². The molecule has 0 bridgehead atoms. The molecule has 2 amide bonds. The number of carbonyl (C=O) groups is 2. The van der Waals surface area contributed by atoms with Crippen LogP contribution in [0.1, 0.15) is 5.56 Å². The average Bonchev–Trinajstić information content (AvgIpc) is 2.61. The fourth-order valence-corrected chi connectivity index (χ4v) is 3.30. The largest absolute Gasteiger partial charge is 0.418 e. The number of alkyl halides is 3. The third-order valence-electron chi connectivity index (χ3n) is 4.66. The molecule has 0 atom stereocenters. The van der Waals surface area contributed by atoms with E-state index in [0.29, 0.717) is 39.3 Å². The highest BCUT2D eigenvalue weighted by atomic mass is 19.4. The SMILES string of the molecule is O=C1CN(CC(=O)N2CCN(c3ccccc3C(F)(F)F)CC2)CCN1. The zero-order valence-electron chi connectivity index (χ0n) is 14.3. The van der Waals surface area contributed by atoms with Gasteiger partial charge in [0.1, 0.15) is 0 Å². The van der Waals surface area contributed by atoms with Gasteiger partial charge in [0.25, 0.3) is 0 Å². The van der Waals surface area contributed by atoms with E-state index in [-0.39, 0.29) is 30.6 Å². The molecule has 26 heavy (non-hydrogen) atoms. The Balaban J connectivity index is 1.58. The molecule has 1 aromatic rings. The molecule has 0 saturated carbocycles.